The molecule has 32 heavy (non-hydrogen) atoms. The van der Waals surface area contributed by atoms with Crippen LogP contribution in [0.1, 0.15) is 45.6 Å². The second kappa shape index (κ2) is 13.4. The van der Waals surface area contributed by atoms with Gasteiger partial charge in [-0.05, 0) is 48.6 Å². The van der Waals surface area contributed by atoms with E-state index in [1.165, 1.54) is 0 Å². The van der Waals surface area contributed by atoms with Gasteiger partial charge in [-0.2, -0.15) is 0 Å². The molecule has 2 aromatic carbocycles. The zero-order chi connectivity index (χ0) is 23.3. The van der Waals surface area contributed by atoms with Gasteiger partial charge in [0.05, 0.1) is 13.7 Å². The summed E-state index contributed by atoms with van der Waals surface area (Å²) in [5.41, 5.74) is 0.924. The van der Waals surface area contributed by atoms with Crippen LogP contribution in [0.3, 0.4) is 0 Å². The van der Waals surface area contributed by atoms with Crippen LogP contribution in [0.25, 0.3) is 0 Å². The van der Waals surface area contributed by atoms with E-state index in [-0.39, 0.29) is 11.8 Å². The van der Waals surface area contributed by atoms with Crippen molar-refractivity contribution in [3.8, 4) is 11.5 Å². The fourth-order valence-electron chi connectivity index (χ4n) is 3.38. The van der Waals surface area contributed by atoms with Gasteiger partial charge in [0.25, 0.3) is 0 Å². The lowest BCUT2D eigenvalue weighted by atomic mass is 10.1. The Hall–Kier alpha value is -3.02. The first-order chi connectivity index (χ1) is 15.4. The molecule has 0 spiro atoms. The van der Waals surface area contributed by atoms with Crippen LogP contribution in [-0.2, 0) is 16.1 Å². The molecular formula is C26H36N2O4. The highest BCUT2D eigenvalue weighted by Gasteiger charge is 2.28. The average molecular weight is 441 g/mol. The van der Waals surface area contributed by atoms with Crippen LogP contribution in [0.2, 0.25) is 0 Å². The minimum atomic E-state index is -0.525. The first kappa shape index (κ1) is 25.2. The van der Waals surface area contributed by atoms with E-state index in [1.54, 1.807) is 12.0 Å². The maximum atomic E-state index is 13.2. The number of amides is 2. The van der Waals surface area contributed by atoms with Gasteiger partial charge in [0.1, 0.15) is 17.5 Å². The number of carbonyl (C=O) groups excluding carboxylic acids is 2. The second-order valence-corrected chi connectivity index (χ2v) is 8.20. The van der Waals surface area contributed by atoms with Gasteiger partial charge in [0.15, 0.2) is 0 Å². The third kappa shape index (κ3) is 8.25. The Morgan fingerprint density at radius 2 is 1.75 bits per heavy atom. The molecular weight excluding hydrogens is 404 g/mol. The largest absolute Gasteiger partial charge is 0.497 e. The number of hydrogen-bond donors (Lipinski definition) is 1. The van der Waals surface area contributed by atoms with Crippen LogP contribution in [0.15, 0.2) is 54.6 Å². The summed E-state index contributed by atoms with van der Waals surface area (Å²) in [6, 6.07) is 16.6. The minimum absolute atomic E-state index is 0.0592. The molecule has 0 radical (unpaired) electrons. The zero-order valence-electron chi connectivity index (χ0n) is 19.7. The smallest absolute Gasteiger partial charge is 0.242 e. The number of nitrogens with one attached hydrogen (secondary N) is 1. The highest BCUT2D eigenvalue weighted by Crippen LogP contribution is 2.18. The lowest BCUT2D eigenvalue weighted by Gasteiger charge is -2.31. The topological polar surface area (TPSA) is 67.9 Å². The number of hydrogen-bond acceptors (Lipinski definition) is 4. The monoisotopic (exact) mass is 440 g/mol. The molecule has 1 N–H and O–H groups in total. The fourth-order valence-corrected chi connectivity index (χ4v) is 3.38. The Balaban J connectivity index is 2.08. The second-order valence-electron chi connectivity index (χ2n) is 8.20. The van der Waals surface area contributed by atoms with Crippen LogP contribution in [0.4, 0.5) is 0 Å². The van der Waals surface area contributed by atoms with Gasteiger partial charge in [0.2, 0.25) is 11.8 Å². The molecule has 2 rings (SSSR count). The zero-order valence-corrected chi connectivity index (χ0v) is 19.7. The Kier molecular flexibility index (Phi) is 10.6. The lowest BCUT2D eigenvalue weighted by molar-refractivity contribution is -0.141. The molecule has 2 aromatic rings. The van der Waals surface area contributed by atoms with E-state index in [1.807, 2.05) is 75.4 Å². The van der Waals surface area contributed by atoms with Crippen LogP contribution >= 0.6 is 0 Å². The molecule has 0 aliphatic carbocycles. The van der Waals surface area contributed by atoms with Crippen LogP contribution in [0.5, 0.6) is 11.5 Å². The first-order valence-corrected chi connectivity index (χ1v) is 11.3. The van der Waals surface area contributed by atoms with Crippen molar-refractivity contribution in [1.82, 2.24) is 10.2 Å². The molecule has 0 aliphatic heterocycles. The molecule has 1 atom stereocenters. The normalized spacial score (nSPS) is 11.7. The van der Waals surface area contributed by atoms with Gasteiger partial charge in [-0.1, -0.05) is 51.1 Å². The summed E-state index contributed by atoms with van der Waals surface area (Å²) >= 11 is 0. The van der Waals surface area contributed by atoms with Gasteiger partial charge in [0, 0.05) is 19.5 Å². The number of rotatable bonds is 13. The van der Waals surface area contributed by atoms with E-state index in [2.05, 4.69) is 5.32 Å². The maximum absolute atomic E-state index is 13.2. The predicted molar refractivity (Wildman–Crippen MR) is 127 cm³/mol. The van der Waals surface area contributed by atoms with Crippen LogP contribution < -0.4 is 14.8 Å². The van der Waals surface area contributed by atoms with Crippen LogP contribution in [-0.4, -0.2) is 43.0 Å². The van der Waals surface area contributed by atoms with Crippen molar-refractivity contribution in [2.24, 2.45) is 5.92 Å². The van der Waals surface area contributed by atoms with Crippen molar-refractivity contribution >= 4 is 11.8 Å². The van der Waals surface area contributed by atoms with E-state index in [9.17, 15) is 9.59 Å². The Morgan fingerprint density at radius 1 is 1.03 bits per heavy atom. The Morgan fingerprint density at radius 3 is 2.41 bits per heavy atom. The molecule has 0 saturated heterocycles. The minimum Gasteiger partial charge on any atom is -0.497 e. The molecule has 0 fully saturated rings. The Labute approximate surface area is 191 Å². The van der Waals surface area contributed by atoms with Crippen molar-refractivity contribution in [2.75, 3.05) is 20.3 Å². The number of nitrogens with zero attached hydrogens (tertiary/aromatic N) is 1. The predicted octanol–water partition coefficient (Wildman–Crippen LogP) is 4.43. The number of benzene rings is 2. The summed E-state index contributed by atoms with van der Waals surface area (Å²) in [5, 5.41) is 2.98. The standard InChI is InChI=1S/C26H36N2O4/c1-5-24(26(30)27-18-20(2)3)28(19-21-11-9-14-23(17-21)31-4)25(29)15-10-16-32-22-12-7-6-8-13-22/h6-9,11-14,17,20,24H,5,10,15-16,18-19H2,1-4H3,(H,27,30)/t24-/m0/s1. The number of methoxy groups -OCH3 is 1. The molecule has 2 amide bonds. The van der Waals surface area contributed by atoms with Crippen molar-refractivity contribution in [2.45, 2.75) is 52.6 Å². The molecule has 0 unspecified atom stereocenters. The van der Waals surface area contributed by atoms with Gasteiger partial charge in [-0.25, -0.2) is 0 Å². The average Bonchev–Trinajstić information content (AvgIpc) is 2.81. The van der Waals surface area contributed by atoms with Gasteiger partial charge in [-0.3, -0.25) is 9.59 Å². The van der Waals surface area contributed by atoms with E-state index >= 15 is 0 Å². The molecule has 0 bridgehead atoms. The number of carbonyl (C=O) groups is 2. The van der Waals surface area contributed by atoms with Crippen molar-refractivity contribution in [3.05, 3.63) is 60.2 Å². The molecule has 6 nitrogen and oxygen atoms in total. The van der Waals surface area contributed by atoms with Crippen LogP contribution in [0, 0.1) is 5.92 Å². The SMILES string of the molecule is CC[C@@H](C(=O)NCC(C)C)N(Cc1cccc(OC)c1)C(=O)CCCOc1ccccc1. The van der Waals surface area contributed by atoms with Crippen molar-refractivity contribution < 1.29 is 19.1 Å². The molecule has 0 aromatic heterocycles. The molecule has 0 aliphatic rings. The van der Waals surface area contributed by atoms with E-state index in [0.29, 0.717) is 44.9 Å². The van der Waals surface area contributed by atoms with Crippen molar-refractivity contribution in [1.29, 1.82) is 0 Å². The highest BCUT2D eigenvalue weighted by atomic mass is 16.5. The molecule has 6 heteroatoms. The third-order valence-electron chi connectivity index (χ3n) is 5.10. The van der Waals surface area contributed by atoms with E-state index in [0.717, 1.165) is 17.1 Å². The maximum Gasteiger partial charge on any atom is 0.242 e. The highest BCUT2D eigenvalue weighted by molar-refractivity contribution is 5.87. The molecule has 0 saturated carbocycles. The summed E-state index contributed by atoms with van der Waals surface area (Å²) in [7, 11) is 1.61. The summed E-state index contributed by atoms with van der Waals surface area (Å²) in [6.45, 7) is 7.41. The fraction of sp³-hybridized carbons (Fsp3) is 0.462. The summed E-state index contributed by atoms with van der Waals surface area (Å²) < 4.78 is 11.0. The first-order valence-electron chi connectivity index (χ1n) is 11.3. The lowest BCUT2D eigenvalue weighted by Crippen LogP contribution is -2.49. The molecule has 0 heterocycles. The molecule has 174 valence electrons. The van der Waals surface area contributed by atoms with E-state index in [4.69, 9.17) is 9.47 Å². The van der Waals surface area contributed by atoms with Gasteiger partial charge < -0.3 is 19.7 Å². The quantitative estimate of drug-likeness (QED) is 0.468. The number of para-hydroxylation sites is 1. The summed E-state index contributed by atoms with van der Waals surface area (Å²) in [5.74, 6) is 1.68. The third-order valence-corrected chi connectivity index (χ3v) is 5.10. The van der Waals surface area contributed by atoms with Gasteiger partial charge >= 0.3 is 0 Å². The van der Waals surface area contributed by atoms with E-state index < -0.39 is 6.04 Å². The van der Waals surface area contributed by atoms with Gasteiger partial charge in [-0.15, -0.1) is 0 Å². The number of ether oxygens (including phenoxy) is 2. The summed E-state index contributed by atoms with van der Waals surface area (Å²) in [4.78, 5) is 27.8. The summed E-state index contributed by atoms with van der Waals surface area (Å²) in [6.07, 6.45) is 1.43. The Bertz CT molecular complexity index is 839. The van der Waals surface area contributed by atoms with Crippen molar-refractivity contribution in [3.63, 3.8) is 0 Å².